The van der Waals surface area contributed by atoms with Crippen molar-refractivity contribution < 1.29 is 19.2 Å². The van der Waals surface area contributed by atoms with Crippen molar-refractivity contribution in [2.75, 3.05) is 13.1 Å². The number of hydrogen-bond acceptors (Lipinski definition) is 5. The van der Waals surface area contributed by atoms with Crippen LogP contribution in [0, 0.1) is 5.92 Å². The number of carbonyl (C=O) groups excluding carboxylic acids is 1. The molecule has 8 nitrogen and oxygen atoms in total. The van der Waals surface area contributed by atoms with Gasteiger partial charge in [0.1, 0.15) is 6.04 Å². The summed E-state index contributed by atoms with van der Waals surface area (Å²) < 4.78 is 5.26. The molecule has 2 atom stereocenters. The molecule has 2 N–H and O–H groups in total. The summed E-state index contributed by atoms with van der Waals surface area (Å²) in [6.07, 6.45) is 1.83. The van der Waals surface area contributed by atoms with Gasteiger partial charge in [-0.3, -0.25) is 4.79 Å². The van der Waals surface area contributed by atoms with Gasteiger partial charge >= 0.3 is 12.0 Å². The molecule has 0 saturated carbocycles. The number of nitrogens with zero attached hydrogens (tertiary/aromatic N) is 3. The van der Waals surface area contributed by atoms with E-state index in [4.69, 9.17) is 9.63 Å². The zero-order valence-electron chi connectivity index (χ0n) is 14.6. The molecule has 2 amide bonds. The lowest BCUT2D eigenvalue weighted by Crippen LogP contribution is -2.47. The van der Waals surface area contributed by atoms with E-state index < -0.39 is 17.9 Å². The topological polar surface area (TPSA) is 109 Å². The Balaban J connectivity index is 1.57. The summed E-state index contributed by atoms with van der Waals surface area (Å²) in [5, 5.41) is 15.9. The van der Waals surface area contributed by atoms with Crippen LogP contribution in [0.15, 0.2) is 34.9 Å². The zero-order chi connectivity index (χ0) is 18.5. The quantitative estimate of drug-likeness (QED) is 0.848. The Hall–Kier alpha value is -2.90. The Morgan fingerprint density at radius 2 is 2.15 bits per heavy atom. The van der Waals surface area contributed by atoms with Crippen LogP contribution in [0.1, 0.15) is 43.1 Å². The molecule has 1 aromatic heterocycles. The SMILES string of the molecule is CC(NC(=O)N1CCCC(C(=O)O)C1)c1nc(Cc2ccccc2)no1. The molecule has 1 aromatic carbocycles. The largest absolute Gasteiger partial charge is 0.481 e. The molecule has 1 aliphatic rings. The number of amides is 2. The van der Waals surface area contributed by atoms with Gasteiger partial charge in [0.2, 0.25) is 5.89 Å². The maximum absolute atomic E-state index is 12.4. The molecule has 0 bridgehead atoms. The highest BCUT2D eigenvalue weighted by molar-refractivity contribution is 5.76. The molecular weight excluding hydrogens is 336 g/mol. The Morgan fingerprint density at radius 1 is 1.38 bits per heavy atom. The predicted molar refractivity (Wildman–Crippen MR) is 92.4 cm³/mol. The maximum Gasteiger partial charge on any atom is 0.318 e. The minimum atomic E-state index is -0.863. The number of carboxylic acids is 1. The zero-order valence-corrected chi connectivity index (χ0v) is 14.6. The molecular formula is C18H22N4O4. The summed E-state index contributed by atoms with van der Waals surface area (Å²) in [5.41, 5.74) is 1.07. The first-order chi connectivity index (χ1) is 12.5. The van der Waals surface area contributed by atoms with Gasteiger partial charge in [-0.25, -0.2) is 4.79 Å². The molecule has 1 aliphatic heterocycles. The summed E-state index contributed by atoms with van der Waals surface area (Å²) in [6, 6.07) is 9.03. The number of piperidine rings is 1. The average Bonchev–Trinajstić information content (AvgIpc) is 3.11. The third-order valence-corrected chi connectivity index (χ3v) is 4.46. The lowest BCUT2D eigenvalue weighted by atomic mass is 9.99. The van der Waals surface area contributed by atoms with E-state index in [1.807, 2.05) is 30.3 Å². The average molecular weight is 358 g/mol. The normalized spacial score (nSPS) is 18.3. The molecule has 2 unspecified atom stereocenters. The van der Waals surface area contributed by atoms with E-state index in [1.165, 1.54) is 4.90 Å². The van der Waals surface area contributed by atoms with Crippen LogP contribution in [-0.4, -0.2) is 45.2 Å². The van der Waals surface area contributed by atoms with Crippen molar-refractivity contribution in [3.05, 3.63) is 47.6 Å². The number of benzene rings is 1. The molecule has 0 spiro atoms. The van der Waals surface area contributed by atoms with Crippen LogP contribution in [0.5, 0.6) is 0 Å². The Morgan fingerprint density at radius 3 is 2.88 bits per heavy atom. The van der Waals surface area contributed by atoms with E-state index in [1.54, 1.807) is 6.92 Å². The molecule has 138 valence electrons. The van der Waals surface area contributed by atoms with Crippen LogP contribution in [0.4, 0.5) is 4.79 Å². The van der Waals surface area contributed by atoms with Gasteiger partial charge in [-0.1, -0.05) is 35.5 Å². The molecule has 2 heterocycles. The summed E-state index contributed by atoms with van der Waals surface area (Å²) in [4.78, 5) is 29.4. The number of aliphatic carboxylic acids is 1. The second kappa shape index (κ2) is 7.99. The van der Waals surface area contributed by atoms with Crippen molar-refractivity contribution in [2.24, 2.45) is 5.92 Å². The van der Waals surface area contributed by atoms with E-state index in [9.17, 15) is 9.59 Å². The maximum atomic E-state index is 12.4. The predicted octanol–water partition coefficient (Wildman–Crippen LogP) is 2.23. The van der Waals surface area contributed by atoms with Crippen molar-refractivity contribution in [3.8, 4) is 0 Å². The number of carbonyl (C=O) groups is 2. The second-order valence-corrected chi connectivity index (χ2v) is 6.51. The molecule has 26 heavy (non-hydrogen) atoms. The monoisotopic (exact) mass is 358 g/mol. The van der Waals surface area contributed by atoms with Crippen LogP contribution in [0.3, 0.4) is 0 Å². The Kier molecular flexibility index (Phi) is 5.50. The standard InChI is InChI=1S/C18H22N4O4/c1-12(19-18(25)22-9-5-8-14(11-22)17(23)24)16-20-15(21-26-16)10-13-6-3-2-4-7-13/h2-4,6-7,12,14H,5,8-11H2,1H3,(H,19,25)(H,23,24). The van der Waals surface area contributed by atoms with Crippen molar-refractivity contribution in [2.45, 2.75) is 32.2 Å². The van der Waals surface area contributed by atoms with E-state index in [0.717, 1.165) is 5.56 Å². The number of carboxylic acid groups (broad SMARTS) is 1. The summed E-state index contributed by atoms with van der Waals surface area (Å²) in [6.45, 7) is 2.53. The summed E-state index contributed by atoms with van der Waals surface area (Å²) in [7, 11) is 0. The first-order valence-corrected chi connectivity index (χ1v) is 8.67. The highest BCUT2D eigenvalue weighted by Gasteiger charge is 2.29. The number of likely N-dealkylation sites (tertiary alicyclic amines) is 1. The van der Waals surface area contributed by atoms with Crippen molar-refractivity contribution in [3.63, 3.8) is 0 Å². The first-order valence-electron chi connectivity index (χ1n) is 8.67. The van der Waals surface area contributed by atoms with Gasteiger partial charge < -0.3 is 19.8 Å². The van der Waals surface area contributed by atoms with E-state index >= 15 is 0 Å². The van der Waals surface area contributed by atoms with Gasteiger partial charge in [0.05, 0.1) is 5.92 Å². The molecule has 0 aliphatic carbocycles. The molecule has 3 rings (SSSR count). The smallest absolute Gasteiger partial charge is 0.318 e. The summed E-state index contributed by atoms with van der Waals surface area (Å²) >= 11 is 0. The van der Waals surface area contributed by atoms with Crippen LogP contribution in [0.25, 0.3) is 0 Å². The first kappa shape index (κ1) is 17.9. The van der Waals surface area contributed by atoms with E-state index in [-0.39, 0.29) is 12.6 Å². The highest BCUT2D eigenvalue weighted by atomic mass is 16.5. The van der Waals surface area contributed by atoms with Crippen LogP contribution in [0.2, 0.25) is 0 Å². The summed E-state index contributed by atoms with van der Waals surface area (Å²) in [5.74, 6) is -0.490. The Labute approximate surface area is 151 Å². The number of nitrogens with one attached hydrogen (secondary N) is 1. The molecule has 8 heteroatoms. The fraction of sp³-hybridized carbons (Fsp3) is 0.444. The fourth-order valence-corrected chi connectivity index (χ4v) is 3.00. The molecule has 2 aromatic rings. The van der Waals surface area contributed by atoms with Gasteiger partial charge in [0, 0.05) is 19.5 Å². The lowest BCUT2D eigenvalue weighted by molar-refractivity contribution is -0.143. The minimum Gasteiger partial charge on any atom is -0.481 e. The number of aromatic nitrogens is 2. The van der Waals surface area contributed by atoms with Gasteiger partial charge in [0.15, 0.2) is 5.82 Å². The van der Waals surface area contributed by atoms with Crippen LogP contribution in [-0.2, 0) is 11.2 Å². The van der Waals surface area contributed by atoms with Gasteiger partial charge in [0.25, 0.3) is 0 Å². The number of urea groups is 1. The molecule has 1 fully saturated rings. The van der Waals surface area contributed by atoms with Crippen molar-refractivity contribution >= 4 is 12.0 Å². The van der Waals surface area contributed by atoms with Crippen LogP contribution < -0.4 is 5.32 Å². The van der Waals surface area contributed by atoms with E-state index in [2.05, 4.69) is 15.5 Å². The number of rotatable bonds is 5. The van der Waals surface area contributed by atoms with Crippen LogP contribution >= 0.6 is 0 Å². The van der Waals surface area contributed by atoms with Gasteiger partial charge in [-0.15, -0.1) is 0 Å². The van der Waals surface area contributed by atoms with Gasteiger partial charge in [-0.05, 0) is 25.3 Å². The fourth-order valence-electron chi connectivity index (χ4n) is 3.00. The third kappa shape index (κ3) is 4.38. The third-order valence-electron chi connectivity index (χ3n) is 4.46. The van der Waals surface area contributed by atoms with E-state index in [0.29, 0.717) is 37.5 Å². The van der Waals surface area contributed by atoms with Crippen molar-refractivity contribution in [1.29, 1.82) is 0 Å². The highest BCUT2D eigenvalue weighted by Crippen LogP contribution is 2.18. The second-order valence-electron chi connectivity index (χ2n) is 6.51. The van der Waals surface area contributed by atoms with Crippen molar-refractivity contribution in [1.82, 2.24) is 20.4 Å². The number of hydrogen-bond donors (Lipinski definition) is 2. The Bertz CT molecular complexity index is 762. The molecule has 0 radical (unpaired) electrons. The minimum absolute atomic E-state index is 0.219. The lowest BCUT2D eigenvalue weighted by Gasteiger charge is -2.31. The molecule has 1 saturated heterocycles. The van der Waals surface area contributed by atoms with Gasteiger partial charge in [-0.2, -0.15) is 4.98 Å².